The fourth-order valence-electron chi connectivity index (χ4n) is 2.48. The Bertz CT molecular complexity index is 593. The minimum Gasteiger partial charge on any atom is -0.206 e. The second-order valence-electron chi connectivity index (χ2n) is 5.15. The molecule has 1 aromatic heterocycles. The zero-order chi connectivity index (χ0) is 14.8. The van der Waals surface area contributed by atoms with Crippen LogP contribution in [-0.2, 0) is 10.0 Å². The molecule has 0 aromatic carbocycles. The van der Waals surface area contributed by atoms with Crippen molar-refractivity contribution in [2.24, 2.45) is 5.92 Å². The molecule has 0 spiro atoms. The van der Waals surface area contributed by atoms with Gasteiger partial charge in [-0.15, -0.1) is 11.3 Å². The number of halogens is 1. The number of rotatable bonds is 4. The second-order valence-corrected chi connectivity index (χ2v) is 8.74. The van der Waals surface area contributed by atoms with Crippen LogP contribution in [0.5, 0.6) is 0 Å². The van der Waals surface area contributed by atoms with Gasteiger partial charge in [0, 0.05) is 0 Å². The average Bonchev–Trinajstić information content (AvgIpc) is 2.78. The molecule has 1 heterocycles. The summed E-state index contributed by atoms with van der Waals surface area (Å²) in [5, 5.41) is 9.25. The number of hydrogen-bond acceptors (Lipinski definition) is 4. The van der Waals surface area contributed by atoms with E-state index >= 15 is 0 Å². The Morgan fingerprint density at radius 1 is 1.45 bits per heavy atom. The van der Waals surface area contributed by atoms with Gasteiger partial charge in [0.25, 0.3) is 10.0 Å². The molecule has 1 aliphatic rings. The normalized spacial score (nSPS) is 18.6. The van der Waals surface area contributed by atoms with Crippen molar-refractivity contribution in [3.05, 3.63) is 16.0 Å². The van der Waals surface area contributed by atoms with Crippen LogP contribution >= 0.6 is 22.9 Å². The SMILES string of the molecule is Cc1cc(S(=O)(=O)NC(C#N)C2CCCCC2)sc1Cl. The molecular formula is C13H17ClN2O2S2. The number of sulfonamides is 1. The highest BCUT2D eigenvalue weighted by atomic mass is 35.5. The Balaban J connectivity index is 2.15. The van der Waals surface area contributed by atoms with Crippen molar-refractivity contribution in [1.29, 1.82) is 5.26 Å². The van der Waals surface area contributed by atoms with E-state index < -0.39 is 16.1 Å². The Morgan fingerprint density at radius 2 is 2.10 bits per heavy atom. The van der Waals surface area contributed by atoms with E-state index in [1.165, 1.54) is 6.42 Å². The van der Waals surface area contributed by atoms with Crippen LogP contribution in [0, 0.1) is 24.2 Å². The molecule has 0 radical (unpaired) electrons. The summed E-state index contributed by atoms with van der Waals surface area (Å²) in [6.07, 6.45) is 5.11. The van der Waals surface area contributed by atoms with Crippen LogP contribution in [0.25, 0.3) is 0 Å². The van der Waals surface area contributed by atoms with Gasteiger partial charge in [-0.1, -0.05) is 30.9 Å². The molecule has 1 fully saturated rings. The van der Waals surface area contributed by atoms with Gasteiger partial charge in [-0.05, 0) is 37.3 Å². The molecule has 20 heavy (non-hydrogen) atoms. The Morgan fingerprint density at radius 3 is 2.60 bits per heavy atom. The molecule has 0 aliphatic heterocycles. The number of nitrogens with zero attached hydrogens (tertiary/aromatic N) is 1. The van der Waals surface area contributed by atoms with Gasteiger partial charge in [-0.25, -0.2) is 8.42 Å². The van der Waals surface area contributed by atoms with E-state index in [1.54, 1.807) is 13.0 Å². The molecular weight excluding hydrogens is 316 g/mol. The summed E-state index contributed by atoms with van der Waals surface area (Å²) in [5.41, 5.74) is 0.739. The van der Waals surface area contributed by atoms with Crippen LogP contribution in [0.1, 0.15) is 37.7 Å². The van der Waals surface area contributed by atoms with Crippen molar-refractivity contribution >= 4 is 33.0 Å². The Labute approximate surface area is 128 Å². The predicted octanol–water partition coefficient (Wildman–Crippen LogP) is 3.46. The number of nitrogens with one attached hydrogen (secondary N) is 1. The van der Waals surface area contributed by atoms with Gasteiger partial charge in [-0.3, -0.25) is 0 Å². The molecule has 1 aliphatic carbocycles. The first-order chi connectivity index (χ1) is 9.44. The van der Waals surface area contributed by atoms with Crippen LogP contribution in [-0.4, -0.2) is 14.5 Å². The first-order valence-corrected chi connectivity index (χ1v) is 9.29. The van der Waals surface area contributed by atoms with Gasteiger partial charge in [0.15, 0.2) is 0 Å². The quantitative estimate of drug-likeness (QED) is 0.917. The van der Waals surface area contributed by atoms with Gasteiger partial charge in [0.05, 0.1) is 10.4 Å². The van der Waals surface area contributed by atoms with Crippen LogP contribution in [0.15, 0.2) is 10.3 Å². The van der Waals surface area contributed by atoms with Crippen LogP contribution < -0.4 is 4.72 Å². The molecule has 1 saturated carbocycles. The van der Waals surface area contributed by atoms with E-state index in [1.807, 2.05) is 0 Å². The molecule has 1 atom stereocenters. The molecule has 1 aromatic rings. The smallest absolute Gasteiger partial charge is 0.206 e. The minimum absolute atomic E-state index is 0.111. The molecule has 4 nitrogen and oxygen atoms in total. The third kappa shape index (κ3) is 3.53. The lowest BCUT2D eigenvalue weighted by Gasteiger charge is -2.25. The van der Waals surface area contributed by atoms with E-state index in [0.29, 0.717) is 4.34 Å². The molecule has 1 unspecified atom stereocenters. The first-order valence-electron chi connectivity index (χ1n) is 6.62. The summed E-state index contributed by atoms with van der Waals surface area (Å²) in [5.74, 6) is 0.111. The Hall–Kier alpha value is -0.610. The average molecular weight is 333 g/mol. The fourth-order valence-corrected chi connectivity index (χ4v) is 5.42. The molecule has 2 rings (SSSR count). The van der Waals surface area contributed by atoms with Crippen molar-refractivity contribution in [3.8, 4) is 6.07 Å². The highest BCUT2D eigenvalue weighted by Crippen LogP contribution is 2.31. The van der Waals surface area contributed by atoms with Crippen LogP contribution in [0.4, 0.5) is 0 Å². The van der Waals surface area contributed by atoms with Gasteiger partial charge in [0.2, 0.25) is 0 Å². The summed E-state index contributed by atoms with van der Waals surface area (Å²) in [4.78, 5) is 0. The third-order valence-corrected chi connectivity index (χ3v) is 7.11. The number of thiophene rings is 1. The molecule has 7 heteroatoms. The van der Waals surface area contributed by atoms with Gasteiger partial charge < -0.3 is 0 Å². The summed E-state index contributed by atoms with van der Waals surface area (Å²) in [6, 6.07) is 3.00. The monoisotopic (exact) mass is 332 g/mol. The van der Waals surface area contributed by atoms with E-state index in [-0.39, 0.29) is 10.1 Å². The van der Waals surface area contributed by atoms with Crippen molar-refractivity contribution in [1.82, 2.24) is 4.72 Å². The lowest BCUT2D eigenvalue weighted by Crippen LogP contribution is -2.39. The lowest BCUT2D eigenvalue weighted by molar-refractivity contribution is 0.324. The van der Waals surface area contributed by atoms with E-state index in [2.05, 4.69) is 10.8 Å². The first kappa shape index (κ1) is 15.8. The van der Waals surface area contributed by atoms with E-state index in [4.69, 9.17) is 11.6 Å². The van der Waals surface area contributed by atoms with Gasteiger partial charge in [0.1, 0.15) is 10.3 Å². The molecule has 110 valence electrons. The third-order valence-electron chi connectivity index (χ3n) is 3.64. The number of nitriles is 1. The lowest BCUT2D eigenvalue weighted by atomic mass is 9.85. The van der Waals surface area contributed by atoms with Crippen molar-refractivity contribution < 1.29 is 8.42 Å². The number of aryl methyl sites for hydroxylation is 1. The highest BCUT2D eigenvalue weighted by Gasteiger charge is 2.29. The van der Waals surface area contributed by atoms with Crippen LogP contribution in [0.3, 0.4) is 0 Å². The maximum Gasteiger partial charge on any atom is 0.251 e. The van der Waals surface area contributed by atoms with Gasteiger partial charge >= 0.3 is 0 Å². The second kappa shape index (κ2) is 6.44. The highest BCUT2D eigenvalue weighted by molar-refractivity contribution is 7.91. The van der Waals surface area contributed by atoms with Crippen molar-refractivity contribution in [2.75, 3.05) is 0 Å². The van der Waals surface area contributed by atoms with Crippen molar-refractivity contribution in [3.63, 3.8) is 0 Å². The minimum atomic E-state index is -3.66. The zero-order valence-corrected chi connectivity index (χ0v) is 13.6. The molecule has 0 amide bonds. The van der Waals surface area contributed by atoms with Gasteiger partial charge in [-0.2, -0.15) is 9.98 Å². The standard InChI is InChI=1S/C13H17ClN2O2S2/c1-9-7-12(19-13(9)14)20(17,18)16-11(8-15)10-5-3-2-4-6-10/h7,10-11,16H,2-6H2,1H3. The Kier molecular flexibility index (Phi) is 5.08. The molecule has 1 N–H and O–H groups in total. The van der Waals surface area contributed by atoms with E-state index in [0.717, 1.165) is 42.6 Å². The largest absolute Gasteiger partial charge is 0.251 e. The van der Waals surface area contributed by atoms with E-state index in [9.17, 15) is 13.7 Å². The summed E-state index contributed by atoms with van der Waals surface area (Å²) in [6.45, 7) is 1.76. The number of hydrogen-bond donors (Lipinski definition) is 1. The molecule has 0 bridgehead atoms. The fraction of sp³-hybridized carbons (Fsp3) is 0.615. The maximum atomic E-state index is 12.3. The molecule has 0 saturated heterocycles. The van der Waals surface area contributed by atoms with Crippen LogP contribution in [0.2, 0.25) is 4.34 Å². The predicted molar refractivity (Wildman–Crippen MR) is 80.4 cm³/mol. The maximum absolute atomic E-state index is 12.3. The summed E-state index contributed by atoms with van der Waals surface area (Å²) < 4.78 is 27.8. The van der Waals surface area contributed by atoms with Crippen molar-refractivity contribution in [2.45, 2.75) is 49.3 Å². The summed E-state index contributed by atoms with van der Waals surface area (Å²) >= 11 is 6.94. The zero-order valence-electron chi connectivity index (χ0n) is 11.2. The summed E-state index contributed by atoms with van der Waals surface area (Å²) in [7, 11) is -3.66. The topological polar surface area (TPSA) is 70.0 Å².